The van der Waals surface area contributed by atoms with Gasteiger partial charge >= 0.3 is 6.03 Å². The lowest BCUT2D eigenvalue weighted by Gasteiger charge is -2.36. The maximum Gasteiger partial charge on any atom is 0.317 e. The van der Waals surface area contributed by atoms with Crippen molar-refractivity contribution in [1.29, 1.82) is 0 Å². The van der Waals surface area contributed by atoms with Crippen LogP contribution in [0.5, 0.6) is 17.2 Å². The van der Waals surface area contributed by atoms with Crippen molar-refractivity contribution in [1.82, 2.24) is 10.2 Å². The Morgan fingerprint density at radius 1 is 1.00 bits per heavy atom. The quantitative estimate of drug-likeness (QED) is 0.726. The van der Waals surface area contributed by atoms with Crippen LogP contribution in [0.15, 0.2) is 42.5 Å². The summed E-state index contributed by atoms with van der Waals surface area (Å²) in [5.41, 5.74) is 2.46. The Morgan fingerprint density at radius 2 is 1.72 bits per heavy atom. The van der Waals surface area contributed by atoms with E-state index in [0.717, 1.165) is 13.1 Å². The molecule has 1 heterocycles. The molecule has 1 fully saturated rings. The van der Waals surface area contributed by atoms with Crippen LogP contribution in [0.1, 0.15) is 5.56 Å². The van der Waals surface area contributed by atoms with E-state index in [9.17, 15) is 4.79 Å². The van der Waals surface area contributed by atoms with Crippen LogP contribution < -0.4 is 24.4 Å². The number of urea groups is 1. The maximum absolute atomic E-state index is 12.4. The number of amides is 2. The van der Waals surface area contributed by atoms with E-state index >= 15 is 0 Å². The van der Waals surface area contributed by atoms with E-state index < -0.39 is 0 Å². The molecule has 7 nitrogen and oxygen atoms in total. The molecule has 0 atom stereocenters. The van der Waals surface area contributed by atoms with Gasteiger partial charge in [0.1, 0.15) is 6.61 Å². The van der Waals surface area contributed by atoms with Gasteiger partial charge in [-0.1, -0.05) is 18.2 Å². The van der Waals surface area contributed by atoms with E-state index in [2.05, 4.69) is 41.4 Å². The molecule has 0 spiro atoms. The molecule has 2 amide bonds. The lowest BCUT2D eigenvalue weighted by atomic mass is 10.2. The summed E-state index contributed by atoms with van der Waals surface area (Å²) in [4.78, 5) is 16.6. The van der Waals surface area contributed by atoms with Crippen LogP contribution in [0, 0.1) is 6.92 Å². The first-order chi connectivity index (χ1) is 14.1. The van der Waals surface area contributed by atoms with Gasteiger partial charge in [0, 0.05) is 31.9 Å². The number of hydrogen-bond acceptors (Lipinski definition) is 5. The molecule has 156 valence electrons. The molecule has 1 aliphatic rings. The fourth-order valence-corrected chi connectivity index (χ4v) is 3.39. The van der Waals surface area contributed by atoms with Crippen molar-refractivity contribution in [2.75, 3.05) is 58.5 Å². The number of aryl methyl sites for hydroxylation is 1. The molecule has 0 aliphatic carbocycles. The highest BCUT2D eigenvalue weighted by molar-refractivity contribution is 5.74. The van der Waals surface area contributed by atoms with Crippen LogP contribution in [0.25, 0.3) is 0 Å². The van der Waals surface area contributed by atoms with Gasteiger partial charge in [0.2, 0.25) is 5.75 Å². The van der Waals surface area contributed by atoms with E-state index in [1.807, 2.05) is 23.1 Å². The van der Waals surface area contributed by atoms with E-state index in [1.54, 1.807) is 14.2 Å². The van der Waals surface area contributed by atoms with Crippen molar-refractivity contribution in [2.24, 2.45) is 0 Å². The highest BCUT2D eigenvalue weighted by atomic mass is 16.5. The lowest BCUT2D eigenvalue weighted by Crippen LogP contribution is -2.52. The van der Waals surface area contributed by atoms with Crippen molar-refractivity contribution < 1.29 is 19.0 Å². The lowest BCUT2D eigenvalue weighted by molar-refractivity contribution is 0.191. The van der Waals surface area contributed by atoms with Crippen LogP contribution in [0.4, 0.5) is 10.5 Å². The predicted molar refractivity (Wildman–Crippen MR) is 113 cm³/mol. The SMILES string of the molecule is COc1cccc(OCCNC(=O)N2CCN(c3cccc(C)c3)CC2)c1OC. The third kappa shape index (κ3) is 5.25. The van der Waals surface area contributed by atoms with Gasteiger partial charge in [-0.25, -0.2) is 4.79 Å². The minimum atomic E-state index is -0.0601. The number of nitrogens with one attached hydrogen (secondary N) is 1. The number of hydrogen-bond donors (Lipinski definition) is 1. The zero-order valence-electron chi connectivity index (χ0n) is 17.3. The van der Waals surface area contributed by atoms with Gasteiger partial charge in [0.25, 0.3) is 0 Å². The molecule has 1 N–H and O–H groups in total. The van der Waals surface area contributed by atoms with Crippen LogP contribution in [-0.4, -0.2) is 64.5 Å². The minimum absolute atomic E-state index is 0.0601. The molecule has 0 saturated carbocycles. The van der Waals surface area contributed by atoms with Gasteiger partial charge in [0.15, 0.2) is 11.5 Å². The summed E-state index contributed by atoms with van der Waals surface area (Å²) in [5, 5.41) is 2.92. The standard InChI is InChI=1S/C22H29N3O4/c1-17-6-4-7-18(16-17)24-11-13-25(14-12-24)22(26)23-10-15-29-20-9-5-8-19(27-2)21(20)28-3/h4-9,16H,10-15H2,1-3H3,(H,23,26). The number of piperazine rings is 1. The second kappa shape index (κ2) is 9.91. The zero-order valence-corrected chi connectivity index (χ0v) is 17.3. The predicted octanol–water partition coefficient (Wildman–Crippen LogP) is 2.92. The number of para-hydroxylation sites is 1. The summed E-state index contributed by atoms with van der Waals surface area (Å²) in [6.45, 7) is 5.91. The molecule has 0 aromatic heterocycles. The highest BCUT2D eigenvalue weighted by Gasteiger charge is 2.21. The summed E-state index contributed by atoms with van der Waals surface area (Å²) in [7, 11) is 3.16. The Labute approximate surface area is 172 Å². The molecule has 29 heavy (non-hydrogen) atoms. The third-order valence-corrected chi connectivity index (χ3v) is 4.94. The molecule has 7 heteroatoms. The molecule has 0 radical (unpaired) electrons. The Bertz CT molecular complexity index is 819. The molecule has 1 saturated heterocycles. The largest absolute Gasteiger partial charge is 0.493 e. The van der Waals surface area contributed by atoms with Crippen LogP contribution >= 0.6 is 0 Å². The number of anilines is 1. The Morgan fingerprint density at radius 3 is 2.41 bits per heavy atom. The summed E-state index contributed by atoms with van der Waals surface area (Å²) in [6.07, 6.45) is 0. The molecule has 0 unspecified atom stereocenters. The second-order valence-corrected chi connectivity index (χ2v) is 6.89. The Balaban J connectivity index is 1.42. The number of nitrogens with zero attached hydrogens (tertiary/aromatic N) is 2. The summed E-state index contributed by atoms with van der Waals surface area (Å²) >= 11 is 0. The first-order valence-corrected chi connectivity index (χ1v) is 9.80. The molecule has 3 rings (SSSR count). The molecule has 2 aromatic carbocycles. The second-order valence-electron chi connectivity index (χ2n) is 6.89. The zero-order chi connectivity index (χ0) is 20.6. The minimum Gasteiger partial charge on any atom is -0.493 e. The van der Waals surface area contributed by atoms with Crippen molar-refractivity contribution in [3.63, 3.8) is 0 Å². The van der Waals surface area contributed by atoms with Gasteiger partial charge < -0.3 is 29.3 Å². The Kier molecular flexibility index (Phi) is 7.05. The van der Waals surface area contributed by atoms with E-state index in [1.165, 1.54) is 11.3 Å². The van der Waals surface area contributed by atoms with Gasteiger partial charge in [-0.05, 0) is 36.8 Å². The summed E-state index contributed by atoms with van der Waals surface area (Å²) < 4.78 is 16.4. The summed E-state index contributed by atoms with van der Waals surface area (Å²) in [6, 6.07) is 13.9. The van der Waals surface area contributed by atoms with Gasteiger partial charge in [-0.15, -0.1) is 0 Å². The van der Waals surface area contributed by atoms with E-state index in [0.29, 0.717) is 43.5 Å². The maximum atomic E-state index is 12.4. The number of carbonyl (C=O) groups is 1. The number of rotatable bonds is 7. The molecule has 2 aromatic rings. The number of carbonyl (C=O) groups excluding carboxylic acids is 1. The first-order valence-electron chi connectivity index (χ1n) is 9.80. The fourth-order valence-electron chi connectivity index (χ4n) is 3.39. The van der Waals surface area contributed by atoms with Crippen LogP contribution in [0.3, 0.4) is 0 Å². The van der Waals surface area contributed by atoms with Crippen molar-refractivity contribution in [3.05, 3.63) is 48.0 Å². The third-order valence-electron chi connectivity index (χ3n) is 4.94. The normalized spacial score (nSPS) is 13.8. The van der Waals surface area contributed by atoms with Gasteiger partial charge in [-0.3, -0.25) is 0 Å². The molecular formula is C22H29N3O4. The topological polar surface area (TPSA) is 63.3 Å². The van der Waals surface area contributed by atoms with E-state index in [4.69, 9.17) is 14.2 Å². The van der Waals surface area contributed by atoms with Gasteiger partial charge in [0.05, 0.1) is 20.8 Å². The molecular weight excluding hydrogens is 370 g/mol. The molecule has 0 bridgehead atoms. The van der Waals surface area contributed by atoms with Crippen molar-refractivity contribution in [3.8, 4) is 17.2 Å². The average Bonchev–Trinajstić information content (AvgIpc) is 2.76. The van der Waals surface area contributed by atoms with Crippen LogP contribution in [0.2, 0.25) is 0 Å². The number of methoxy groups -OCH3 is 2. The van der Waals surface area contributed by atoms with Gasteiger partial charge in [-0.2, -0.15) is 0 Å². The molecule has 1 aliphatic heterocycles. The highest BCUT2D eigenvalue weighted by Crippen LogP contribution is 2.36. The van der Waals surface area contributed by atoms with Crippen molar-refractivity contribution in [2.45, 2.75) is 6.92 Å². The van der Waals surface area contributed by atoms with Crippen molar-refractivity contribution >= 4 is 11.7 Å². The monoisotopic (exact) mass is 399 g/mol. The fraction of sp³-hybridized carbons (Fsp3) is 0.409. The summed E-state index contributed by atoms with van der Waals surface area (Å²) in [5.74, 6) is 1.75. The van der Waals surface area contributed by atoms with E-state index in [-0.39, 0.29) is 6.03 Å². The Hall–Kier alpha value is -3.09. The van der Waals surface area contributed by atoms with Crippen LogP contribution in [-0.2, 0) is 0 Å². The first kappa shape index (κ1) is 20.6. The average molecular weight is 399 g/mol. The number of ether oxygens (including phenoxy) is 3. The smallest absolute Gasteiger partial charge is 0.317 e. The number of benzene rings is 2.